The Labute approximate surface area is 138 Å². The van der Waals surface area contributed by atoms with Crippen molar-refractivity contribution in [3.63, 3.8) is 0 Å². The van der Waals surface area contributed by atoms with Crippen molar-refractivity contribution < 1.29 is 14.6 Å². The molecule has 0 unspecified atom stereocenters. The fourth-order valence-electron chi connectivity index (χ4n) is 2.06. The minimum atomic E-state index is -0.654. The number of primary amides is 2. The molecule has 1 aromatic heterocycles. The molecule has 0 saturated carbocycles. The Kier molecular flexibility index (Phi) is 5.15. The summed E-state index contributed by atoms with van der Waals surface area (Å²) in [6, 6.07) is 6.36. The number of aromatic amines is 1. The summed E-state index contributed by atoms with van der Waals surface area (Å²) in [5, 5.41) is 5.86. The van der Waals surface area contributed by atoms with E-state index in [1.165, 1.54) is 6.20 Å². The van der Waals surface area contributed by atoms with E-state index in [1.54, 1.807) is 24.3 Å². The minimum Gasteiger partial charge on any atom is -0.399 e. The van der Waals surface area contributed by atoms with E-state index in [4.69, 9.17) is 17.2 Å². The molecule has 0 aliphatic carbocycles. The monoisotopic (exact) mass is 330 g/mol. The van der Waals surface area contributed by atoms with Gasteiger partial charge in [0.25, 0.3) is 11.8 Å². The van der Waals surface area contributed by atoms with Crippen LogP contribution in [-0.2, 0) is 4.79 Å². The third-order valence-electron chi connectivity index (χ3n) is 3.31. The van der Waals surface area contributed by atoms with Gasteiger partial charge in [0, 0.05) is 11.4 Å². The van der Waals surface area contributed by atoms with Crippen molar-refractivity contribution in [2.75, 3.05) is 16.4 Å². The number of rotatable bonds is 7. The zero-order valence-corrected chi connectivity index (χ0v) is 13.2. The van der Waals surface area contributed by atoms with Crippen LogP contribution < -0.4 is 32.8 Å². The number of hydrogen-bond acceptors (Lipinski definition) is 6. The van der Waals surface area contributed by atoms with Crippen LogP contribution in [0.4, 0.5) is 23.1 Å². The second kappa shape index (κ2) is 7.27. The van der Waals surface area contributed by atoms with Gasteiger partial charge in [-0.25, -0.2) is 4.98 Å². The molecular formula is C15H20N7O2+. The Morgan fingerprint density at radius 2 is 2.08 bits per heavy atom. The molecule has 0 aliphatic heterocycles. The van der Waals surface area contributed by atoms with Crippen molar-refractivity contribution in [1.82, 2.24) is 4.98 Å². The van der Waals surface area contributed by atoms with E-state index in [9.17, 15) is 9.59 Å². The van der Waals surface area contributed by atoms with Crippen LogP contribution in [0.3, 0.4) is 0 Å². The number of nitrogen functional groups attached to an aromatic ring is 1. The molecule has 2 aromatic rings. The van der Waals surface area contributed by atoms with Gasteiger partial charge in [0.1, 0.15) is 5.56 Å². The van der Waals surface area contributed by atoms with Crippen LogP contribution in [0.2, 0.25) is 0 Å². The first-order chi connectivity index (χ1) is 11.4. The Hall–Kier alpha value is -3.36. The molecular weight excluding hydrogens is 310 g/mol. The summed E-state index contributed by atoms with van der Waals surface area (Å²) in [6.45, 7) is 1.81. The predicted octanol–water partition coefficient (Wildman–Crippen LogP) is -0.00380. The summed E-state index contributed by atoms with van der Waals surface area (Å²) in [7, 11) is 0. The molecule has 9 N–H and O–H groups in total. The van der Waals surface area contributed by atoms with Crippen LogP contribution in [0.1, 0.15) is 23.7 Å². The van der Waals surface area contributed by atoms with E-state index < -0.39 is 17.9 Å². The summed E-state index contributed by atoms with van der Waals surface area (Å²) < 4.78 is 0. The number of aromatic nitrogens is 2. The lowest BCUT2D eigenvalue weighted by Gasteiger charge is -2.10. The highest BCUT2D eigenvalue weighted by molar-refractivity contribution is 5.97. The molecule has 9 heteroatoms. The summed E-state index contributed by atoms with van der Waals surface area (Å²) >= 11 is 0. The fraction of sp³-hybridized carbons (Fsp3) is 0.200. The summed E-state index contributed by atoms with van der Waals surface area (Å²) in [5.74, 6) is -0.651. The number of nitrogens with one attached hydrogen (secondary N) is 3. The minimum absolute atomic E-state index is 0.162. The highest BCUT2D eigenvalue weighted by Crippen LogP contribution is 2.20. The van der Waals surface area contributed by atoms with Crippen molar-refractivity contribution in [2.45, 2.75) is 19.4 Å². The normalized spacial score (nSPS) is 11.5. The summed E-state index contributed by atoms with van der Waals surface area (Å²) in [5.41, 5.74) is 17.8. The maximum atomic E-state index is 11.6. The SMILES string of the molecule is CC[C@@H](Nc1nc(Nc2cccc(N)c2)c(C(N)=O)c[nH+]1)C(N)=O. The van der Waals surface area contributed by atoms with E-state index >= 15 is 0 Å². The Bertz CT molecular complexity index is 763. The third kappa shape index (κ3) is 4.09. The first-order valence-corrected chi connectivity index (χ1v) is 7.31. The van der Waals surface area contributed by atoms with E-state index in [0.29, 0.717) is 17.8 Å². The van der Waals surface area contributed by atoms with Crippen molar-refractivity contribution in [1.29, 1.82) is 0 Å². The molecule has 1 atom stereocenters. The van der Waals surface area contributed by atoms with Gasteiger partial charge in [0.2, 0.25) is 5.82 Å². The molecule has 0 saturated heterocycles. The number of amides is 2. The van der Waals surface area contributed by atoms with Gasteiger partial charge < -0.3 is 22.5 Å². The lowest BCUT2D eigenvalue weighted by atomic mass is 10.2. The molecule has 2 amide bonds. The van der Waals surface area contributed by atoms with Gasteiger partial charge in [-0.3, -0.25) is 14.9 Å². The first-order valence-electron chi connectivity index (χ1n) is 7.31. The van der Waals surface area contributed by atoms with Crippen molar-refractivity contribution in [3.8, 4) is 0 Å². The van der Waals surface area contributed by atoms with E-state index in [-0.39, 0.29) is 17.3 Å². The average Bonchev–Trinajstić information content (AvgIpc) is 2.52. The quantitative estimate of drug-likeness (QED) is 0.448. The van der Waals surface area contributed by atoms with Crippen LogP contribution in [0.15, 0.2) is 30.5 Å². The molecule has 0 spiro atoms. The maximum Gasteiger partial charge on any atom is 0.391 e. The fourth-order valence-corrected chi connectivity index (χ4v) is 2.06. The number of benzene rings is 1. The lowest BCUT2D eigenvalue weighted by Crippen LogP contribution is -2.37. The van der Waals surface area contributed by atoms with Crippen LogP contribution in [-0.4, -0.2) is 22.8 Å². The van der Waals surface area contributed by atoms with Crippen molar-refractivity contribution >= 4 is 35.0 Å². The summed E-state index contributed by atoms with van der Waals surface area (Å²) in [4.78, 5) is 30.0. The van der Waals surface area contributed by atoms with Gasteiger partial charge in [-0.05, 0) is 24.6 Å². The molecule has 0 bridgehead atoms. The van der Waals surface area contributed by atoms with Crippen LogP contribution in [0.5, 0.6) is 0 Å². The molecule has 1 heterocycles. The lowest BCUT2D eigenvalue weighted by molar-refractivity contribution is -0.365. The van der Waals surface area contributed by atoms with Gasteiger partial charge in [-0.2, -0.15) is 0 Å². The number of nitrogens with two attached hydrogens (primary N) is 3. The standard InChI is InChI=1S/C15H19N7O2/c1-2-11(13(18)24)21-15-19-7-10(12(17)23)14(22-15)20-9-5-3-4-8(16)6-9/h3-7,11H,2,16H2,1H3,(H2,17,23)(H2,18,24)(H2,19,20,21,22)/p+1/t11-/m1/s1. The highest BCUT2D eigenvalue weighted by atomic mass is 16.1. The second-order valence-electron chi connectivity index (χ2n) is 5.13. The average molecular weight is 330 g/mol. The number of anilines is 4. The smallest absolute Gasteiger partial charge is 0.391 e. The molecule has 1 aromatic carbocycles. The van der Waals surface area contributed by atoms with Crippen LogP contribution >= 0.6 is 0 Å². The number of hydrogen-bond donors (Lipinski definition) is 5. The number of carbonyl (C=O) groups is 2. The molecule has 0 radical (unpaired) electrons. The van der Waals surface area contributed by atoms with Crippen LogP contribution in [0, 0.1) is 0 Å². The predicted molar refractivity (Wildman–Crippen MR) is 90.3 cm³/mol. The van der Waals surface area contributed by atoms with Gasteiger partial charge in [0.15, 0.2) is 6.04 Å². The van der Waals surface area contributed by atoms with Crippen molar-refractivity contribution in [3.05, 3.63) is 36.0 Å². The van der Waals surface area contributed by atoms with E-state index in [2.05, 4.69) is 20.6 Å². The number of nitrogens with zero attached hydrogens (tertiary/aromatic N) is 1. The number of H-pyrrole nitrogens is 1. The van der Waals surface area contributed by atoms with Gasteiger partial charge >= 0.3 is 5.95 Å². The largest absolute Gasteiger partial charge is 0.399 e. The van der Waals surface area contributed by atoms with E-state index in [1.807, 2.05) is 6.92 Å². The second-order valence-corrected chi connectivity index (χ2v) is 5.13. The van der Waals surface area contributed by atoms with Crippen molar-refractivity contribution in [2.24, 2.45) is 11.5 Å². The van der Waals surface area contributed by atoms with Gasteiger partial charge in [-0.1, -0.05) is 18.0 Å². The zero-order valence-electron chi connectivity index (χ0n) is 13.2. The third-order valence-corrected chi connectivity index (χ3v) is 3.31. The summed E-state index contributed by atoms with van der Waals surface area (Å²) in [6.07, 6.45) is 1.89. The molecule has 0 aliphatic rings. The topological polar surface area (TPSA) is 163 Å². The Balaban J connectivity index is 2.34. The molecule has 24 heavy (non-hydrogen) atoms. The molecule has 2 rings (SSSR count). The molecule has 126 valence electrons. The molecule has 0 fully saturated rings. The Morgan fingerprint density at radius 3 is 2.67 bits per heavy atom. The van der Waals surface area contributed by atoms with Gasteiger partial charge in [-0.15, -0.1) is 0 Å². The molecule has 9 nitrogen and oxygen atoms in total. The van der Waals surface area contributed by atoms with Gasteiger partial charge in [0.05, 0.1) is 6.20 Å². The van der Waals surface area contributed by atoms with E-state index in [0.717, 1.165) is 0 Å². The van der Waals surface area contributed by atoms with Crippen LogP contribution in [0.25, 0.3) is 0 Å². The highest BCUT2D eigenvalue weighted by Gasteiger charge is 2.22. The zero-order chi connectivity index (χ0) is 17.7. The maximum absolute atomic E-state index is 11.6. The Morgan fingerprint density at radius 1 is 1.33 bits per heavy atom. The first kappa shape index (κ1) is 17.0. The number of carbonyl (C=O) groups excluding carboxylic acids is 2.